The van der Waals surface area contributed by atoms with Crippen LogP contribution in [0.2, 0.25) is 0 Å². The van der Waals surface area contributed by atoms with Gasteiger partial charge in [-0.25, -0.2) is 0 Å². The van der Waals surface area contributed by atoms with Gasteiger partial charge in [0.05, 0.1) is 0 Å². The summed E-state index contributed by atoms with van der Waals surface area (Å²) in [6, 6.07) is 6.78. The number of anilines is 1. The number of hydrogen-bond donors (Lipinski definition) is 1. The topological polar surface area (TPSA) is 86.3 Å². The molecule has 0 heterocycles. The summed E-state index contributed by atoms with van der Waals surface area (Å²) in [5, 5.41) is 2.78. The number of nitrogens with one attached hydrogen (secondary N) is 1. The van der Waals surface area contributed by atoms with Crippen LogP contribution >= 0.6 is 0 Å². The molecule has 0 saturated carbocycles. The average Bonchev–Trinajstić information content (AvgIpc) is 2.17. The van der Waals surface area contributed by atoms with Gasteiger partial charge < -0.3 is 0 Å². The van der Waals surface area contributed by atoms with E-state index >= 15 is 0 Å². The third-order valence-electron chi connectivity index (χ3n) is 1.65. The monoisotopic (exact) mass is 290 g/mol. The van der Waals surface area contributed by atoms with E-state index in [1.54, 1.807) is 24.3 Å². The Balaban J connectivity index is 2.48. The maximum absolute atomic E-state index is 10.5. The van der Waals surface area contributed by atoms with Crippen LogP contribution in [-0.2, 0) is 13.9 Å². The fraction of sp³-hybridized carbons (Fsp3) is 0.250. The van der Waals surface area contributed by atoms with Crippen LogP contribution in [0, 0.1) is 0 Å². The van der Waals surface area contributed by atoms with Gasteiger partial charge in [0.25, 0.3) is 0 Å². The van der Waals surface area contributed by atoms with Crippen molar-refractivity contribution in [2.75, 3.05) is 17.6 Å². The van der Waals surface area contributed by atoms with Gasteiger partial charge in [-0.05, 0) is 0 Å². The summed E-state index contributed by atoms with van der Waals surface area (Å²) in [5.74, 6) is -0.442. The van der Waals surface area contributed by atoms with Gasteiger partial charge >= 0.3 is 94.4 Å². The summed E-state index contributed by atoms with van der Waals surface area (Å²) in [7, 11) is -4.16. The van der Waals surface area contributed by atoms with Crippen molar-refractivity contribution < 1.29 is 16.7 Å². The van der Waals surface area contributed by atoms with Crippen molar-refractivity contribution in [1.82, 2.24) is 0 Å². The van der Waals surface area contributed by atoms with Crippen LogP contribution in [0.4, 0.5) is 5.69 Å². The molecular formula is C8H9AsNO4S-. The second kappa shape index (κ2) is 5.39. The van der Waals surface area contributed by atoms with Gasteiger partial charge in [0.1, 0.15) is 0 Å². The van der Waals surface area contributed by atoms with E-state index in [1.165, 1.54) is 0 Å². The van der Waals surface area contributed by atoms with Crippen molar-refractivity contribution >= 4 is 35.8 Å². The fourth-order valence-corrected chi connectivity index (χ4v) is 1.88. The van der Waals surface area contributed by atoms with Gasteiger partial charge in [-0.15, -0.1) is 0 Å². The Morgan fingerprint density at radius 1 is 1.27 bits per heavy atom. The Hall–Kier alpha value is -0.712. The molecule has 0 unspecified atom stereocenters. The van der Waals surface area contributed by atoms with Crippen molar-refractivity contribution in [3.8, 4) is 0 Å². The first-order chi connectivity index (χ1) is 7.01. The zero-order valence-electron chi connectivity index (χ0n) is 7.71. The molecule has 0 atom stereocenters. The number of rotatable bonds is 5. The first kappa shape index (κ1) is 12.4. The molecule has 0 amide bonds. The summed E-state index contributed by atoms with van der Waals surface area (Å²) in [5.41, 5.74) is 0.706. The molecular weight excluding hydrogens is 281 g/mol. The summed E-state index contributed by atoms with van der Waals surface area (Å²) in [4.78, 5) is 0. The fourth-order valence-electron chi connectivity index (χ4n) is 0.961. The molecule has 1 N–H and O–H groups in total. The molecule has 15 heavy (non-hydrogen) atoms. The van der Waals surface area contributed by atoms with E-state index in [0.717, 1.165) is 4.35 Å². The van der Waals surface area contributed by atoms with E-state index in [0.29, 0.717) is 5.69 Å². The summed E-state index contributed by atoms with van der Waals surface area (Å²) in [6.07, 6.45) is 0. The molecule has 0 aliphatic heterocycles. The second-order valence-corrected chi connectivity index (χ2v) is 5.82. The summed E-state index contributed by atoms with van der Waals surface area (Å²) < 4.78 is 42.2. The van der Waals surface area contributed by atoms with Gasteiger partial charge in [0, 0.05) is 0 Å². The standard InChI is InChI=1S/C8H10AsNO4S/c11-9-7-1-3-8(4-2-7)10-5-6-15(12,13)14/h1-4,10H,5-6H2,(H,12,13,14)/p-1. The van der Waals surface area contributed by atoms with E-state index in [-0.39, 0.29) is 6.54 Å². The maximum atomic E-state index is 10.5. The molecule has 5 nitrogen and oxygen atoms in total. The second-order valence-electron chi connectivity index (χ2n) is 2.83. The van der Waals surface area contributed by atoms with Crippen LogP contribution in [0.3, 0.4) is 0 Å². The molecule has 1 rings (SSSR count). The third-order valence-corrected chi connectivity index (χ3v) is 3.43. The molecule has 82 valence electrons. The Bertz CT molecular complexity index is 428. The SMILES string of the molecule is O=[As]c1ccc(NCCS(=O)(=O)[O-])cc1. The van der Waals surface area contributed by atoms with Gasteiger partial charge in [-0.3, -0.25) is 0 Å². The molecule has 0 aliphatic carbocycles. The van der Waals surface area contributed by atoms with Crippen molar-refractivity contribution in [1.29, 1.82) is 0 Å². The predicted octanol–water partition coefficient (Wildman–Crippen LogP) is -0.681. The normalized spacial score (nSPS) is 11.5. The minimum atomic E-state index is -4.16. The van der Waals surface area contributed by atoms with Crippen LogP contribution < -0.4 is 9.67 Å². The van der Waals surface area contributed by atoms with Crippen LogP contribution in [0.5, 0.6) is 0 Å². The summed E-state index contributed by atoms with van der Waals surface area (Å²) >= 11 is -1.03. The Morgan fingerprint density at radius 3 is 2.33 bits per heavy atom. The molecule has 0 radical (unpaired) electrons. The molecule has 7 heteroatoms. The van der Waals surface area contributed by atoms with Crippen LogP contribution in [0.1, 0.15) is 0 Å². The van der Waals surface area contributed by atoms with Crippen molar-refractivity contribution in [2.24, 2.45) is 0 Å². The molecule has 1 aromatic rings. The van der Waals surface area contributed by atoms with Crippen molar-refractivity contribution in [2.45, 2.75) is 0 Å². The molecule has 0 fully saturated rings. The first-order valence-electron chi connectivity index (χ1n) is 4.12. The molecule has 0 bridgehead atoms. The number of hydrogen-bond acceptors (Lipinski definition) is 5. The molecule has 1 aromatic carbocycles. The van der Waals surface area contributed by atoms with Gasteiger partial charge in [0.2, 0.25) is 0 Å². The molecule has 0 aliphatic rings. The molecule has 0 spiro atoms. The van der Waals surface area contributed by atoms with Crippen molar-refractivity contribution in [3.05, 3.63) is 24.3 Å². The third kappa shape index (κ3) is 5.06. The first-order valence-corrected chi connectivity index (χ1v) is 7.40. The van der Waals surface area contributed by atoms with E-state index in [2.05, 4.69) is 5.32 Å². The molecule has 0 aromatic heterocycles. The molecule has 0 saturated heterocycles. The Morgan fingerprint density at radius 2 is 1.87 bits per heavy atom. The zero-order valence-corrected chi connectivity index (χ0v) is 10.4. The van der Waals surface area contributed by atoms with Gasteiger partial charge in [-0.2, -0.15) is 0 Å². The average molecular weight is 290 g/mol. The van der Waals surface area contributed by atoms with E-state index < -0.39 is 31.6 Å². The van der Waals surface area contributed by atoms with Crippen molar-refractivity contribution in [3.63, 3.8) is 0 Å². The number of benzene rings is 1. The van der Waals surface area contributed by atoms with Gasteiger partial charge in [0.15, 0.2) is 0 Å². The summed E-state index contributed by atoms with van der Waals surface area (Å²) in [6.45, 7) is 0.0796. The van der Waals surface area contributed by atoms with E-state index in [1.807, 2.05) is 0 Å². The van der Waals surface area contributed by atoms with Crippen LogP contribution in [0.25, 0.3) is 0 Å². The van der Waals surface area contributed by atoms with Crippen LogP contribution in [0.15, 0.2) is 24.3 Å². The zero-order chi connectivity index (χ0) is 11.3. The van der Waals surface area contributed by atoms with Gasteiger partial charge in [-0.1, -0.05) is 0 Å². The van der Waals surface area contributed by atoms with E-state index in [9.17, 15) is 16.7 Å². The van der Waals surface area contributed by atoms with Crippen LogP contribution in [-0.4, -0.2) is 41.0 Å². The van der Waals surface area contributed by atoms with E-state index in [4.69, 9.17) is 0 Å². The predicted molar refractivity (Wildman–Crippen MR) is 55.6 cm³/mol. The quantitative estimate of drug-likeness (QED) is 0.573. The Labute approximate surface area is 94.5 Å². The minimum absolute atomic E-state index is 0.0796. The Kier molecular flexibility index (Phi) is 4.44.